The smallest absolute Gasteiger partial charge is 0.255 e. The van der Waals surface area contributed by atoms with E-state index in [0.717, 1.165) is 53.8 Å². The molecule has 1 aliphatic rings. The lowest BCUT2D eigenvalue weighted by Crippen LogP contribution is -2.46. The lowest BCUT2D eigenvalue weighted by Gasteiger charge is -2.36. The fraction of sp³-hybridized carbons (Fsp3) is 0.233. The number of piperazine rings is 1. The maximum absolute atomic E-state index is 12.7. The van der Waals surface area contributed by atoms with E-state index in [2.05, 4.69) is 39.2 Å². The quantitative estimate of drug-likeness (QED) is 0.141. The molecule has 1 saturated heterocycles. The molecule has 0 radical (unpaired) electrons. The molecule has 3 aromatic carbocycles. The number of hydrogen-bond acceptors (Lipinski definition) is 6. The van der Waals surface area contributed by atoms with Gasteiger partial charge in [-0.05, 0) is 79.1 Å². The molecule has 0 bridgehead atoms. The maximum atomic E-state index is 12.7. The summed E-state index contributed by atoms with van der Waals surface area (Å²) in [6.45, 7) is 7.53. The van der Waals surface area contributed by atoms with Crippen molar-refractivity contribution in [2.45, 2.75) is 24.8 Å². The van der Waals surface area contributed by atoms with Crippen LogP contribution in [-0.4, -0.2) is 42.1 Å². The first-order valence-electron chi connectivity index (χ1n) is 12.7. The second kappa shape index (κ2) is 12.3. The highest BCUT2D eigenvalue weighted by atomic mass is 35.5. The normalized spacial score (nSPS) is 13.4. The summed E-state index contributed by atoms with van der Waals surface area (Å²) in [5.41, 5.74) is 5.99. The zero-order chi connectivity index (χ0) is 27.4. The van der Waals surface area contributed by atoms with Crippen molar-refractivity contribution < 1.29 is 4.79 Å². The van der Waals surface area contributed by atoms with Crippen molar-refractivity contribution in [1.82, 2.24) is 9.97 Å². The first-order valence-corrected chi connectivity index (χ1v) is 14.5. The molecule has 0 aliphatic carbocycles. The summed E-state index contributed by atoms with van der Waals surface area (Å²) in [6.07, 6.45) is 0. The van der Waals surface area contributed by atoms with E-state index >= 15 is 0 Å². The second-order valence-electron chi connectivity index (χ2n) is 9.52. The minimum Gasteiger partial charge on any atom is -0.368 e. The molecule has 1 aliphatic heterocycles. The maximum Gasteiger partial charge on any atom is 0.255 e. The molecule has 9 heteroatoms. The largest absolute Gasteiger partial charge is 0.368 e. The number of carbonyl (C=O) groups is 1. The van der Waals surface area contributed by atoms with E-state index in [4.69, 9.17) is 28.2 Å². The van der Waals surface area contributed by atoms with Gasteiger partial charge in [0.25, 0.3) is 5.91 Å². The van der Waals surface area contributed by atoms with Crippen molar-refractivity contribution in [2.24, 2.45) is 0 Å². The number of thioether (sulfide) groups is 1. The van der Waals surface area contributed by atoms with Crippen molar-refractivity contribution in [3.05, 3.63) is 105 Å². The van der Waals surface area contributed by atoms with Crippen molar-refractivity contribution in [3.8, 4) is 0 Å². The zero-order valence-corrected chi connectivity index (χ0v) is 24.2. The zero-order valence-electron chi connectivity index (χ0n) is 21.8. The van der Waals surface area contributed by atoms with Crippen LogP contribution in [0, 0.1) is 13.8 Å². The molecule has 6 nitrogen and oxygen atoms in total. The molecular weight excluding hydrogens is 549 g/mol. The second-order valence-corrected chi connectivity index (χ2v) is 11.3. The topological polar surface area (TPSA) is 61.4 Å². The average Bonchev–Trinajstić information content (AvgIpc) is 2.94. The standard InChI is InChI=1S/C30H29Cl2N5OS/c1-20-3-10-25(17-21(20)2)33-29(38)23-6-4-22(5-7-23)19-39-30-34-27(32)18-28(35-30)37-15-13-36(14-16-37)26-11-8-24(31)9-12-26/h3-12,17-18H,13-16,19H2,1-2H3,(H,33,38). The molecule has 0 spiro atoms. The van der Waals surface area contributed by atoms with Gasteiger partial charge in [0.2, 0.25) is 0 Å². The Labute approximate surface area is 243 Å². The van der Waals surface area contributed by atoms with Gasteiger partial charge in [-0.3, -0.25) is 4.79 Å². The van der Waals surface area contributed by atoms with Gasteiger partial charge in [0.1, 0.15) is 11.0 Å². The molecule has 1 N–H and O–H groups in total. The van der Waals surface area contributed by atoms with Crippen LogP contribution in [0.5, 0.6) is 0 Å². The monoisotopic (exact) mass is 577 g/mol. The summed E-state index contributed by atoms with van der Waals surface area (Å²) in [7, 11) is 0. The first-order chi connectivity index (χ1) is 18.8. The number of halogens is 2. The Kier molecular flexibility index (Phi) is 8.60. The molecule has 0 unspecified atom stereocenters. The van der Waals surface area contributed by atoms with Crippen LogP contribution in [0.1, 0.15) is 27.0 Å². The minimum atomic E-state index is -0.128. The van der Waals surface area contributed by atoms with Crippen LogP contribution in [0.2, 0.25) is 10.2 Å². The molecule has 0 saturated carbocycles. The lowest BCUT2D eigenvalue weighted by atomic mass is 10.1. The highest BCUT2D eigenvalue weighted by Gasteiger charge is 2.20. The summed E-state index contributed by atoms with van der Waals surface area (Å²) in [6, 6.07) is 23.3. The van der Waals surface area contributed by atoms with Crippen LogP contribution < -0.4 is 15.1 Å². The number of hydrogen-bond donors (Lipinski definition) is 1. The summed E-state index contributed by atoms with van der Waals surface area (Å²) in [5, 5.41) is 4.78. The minimum absolute atomic E-state index is 0.128. The Morgan fingerprint density at radius 1 is 0.846 bits per heavy atom. The Bertz CT molecular complexity index is 1460. The average molecular weight is 579 g/mol. The van der Waals surface area contributed by atoms with Gasteiger partial charge in [-0.2, -0.15) is 0 Å². The Morgan fingerprint density at radius 2 is 1.54 bits per heavy atom. The van der Waals surface area contributed by atoms with Crippen molar-refractivity contribution in [2.75, 3.05) is 41.3 Å². The van der Waals surface area contributed by atoms with Crippen LogP contribution in [0.3, 0.4) is 0 Å². The van der Waals surface area contributed by atoms with Gasteiger partial charge in [0, 0.05) is 60.0 Å². The van der Waals surface area contributed by atoms with E-state index in [0.29, 0.717) is 21.6 Å². The van der Waals surface area contributed by atoms with Gasteiger partial charge in [0.05, 0.1) is 0 Å². The van der Waals surface area contributed by atoms with E-state index in [-0.39, 0.29) is 5.91 Å². The SMILES string of the molecule is Cc1ccc(NC(=O)c2ccc(CSc3nc(Cl)cc(N4CCN(c5ccc(Cl)cc5)CC4)n3)cc2)cc1C. The van der Waals surface area contributed by atoms with Crippen LogP contribution in [-0.2, 0) is 5.75 Å². The predicted octanol–water partition coefficient (Wildman–Crippen LogP) is 7.27. The van der Waals surface area contributed by atoms with Gasteiger partial charge in [-0.1, -0.05) is 53.2 Å². The fourth-order valence-electron chi connectivity index (χ4n) is 4.38. The van der Waals surface area contributed by atoms with E-state index < -0.39 is 0 Å². The molecule has 1 amide bonds. The Morgan fingerprint density at radius 3 is 2.23 bits per heavy atom. The number of benzene rings is 3. The van der Waals surface area contributed by atoms with Crippen LogP contribution in [0.15, 0.2) is 78.0 Å². The Balaban J connectivity index is 1.17. The molecule has 1 aromatic heterocycles. The first kappa shape index (κ1) is 27.3. The van der Waals surface area contributed by atoms with Crippen LogP contribution in [0.25, 0.3) is 0 Å². The molecule has 1 fully saturated rings. The fourth-order valence-corrected chi connectivity index (χ4v) is 5.54. The molecule has 0 atom stereocenters. The van der Waals surface area contributed by atoms with E-state index in [1.54, 1.807) is 0 Å². The van der Waals surface area contributed by atoms with Gasteiger partial charge < -0.3 is 15.1 Å². The number of anilines is 3. The molecule has 2 heterocycles. The van der Waals surface area contributed by atoms with Crippen LogP contribution >= 0.6 is 35.0 Å². The van der Waals surface area contributed by atoms with Gasteiger partial charge >= 0.3 is 0 Å². The third-order valence-electron chi connectivity index (χ3n) is 6.81. The summed E-state index contributed by atoms with van der Waals surface area (Å²) >= 11 is 13.9. The van der Waals surface area contributed by atoms with E-state index in [1.165, 1.54) is 23.0 Å². The third-order valence-corrected chi connectivity index (χ3v) is 8.17. The number of aromatic nitrogens is 2. The summed E-state index contributed by atoms with van der Waals surface area (Å²) in [5.74, 6) is 1.38. The molecule has 4 aromatic rings. The number of nitrogens with one attached hydrogen (secondary N) is 1. The number of rotatable bonds is 7. The number of nitrogens with zero attached hydrogens (tertiary/aromatic N) is 4. The molecule has 39 heavy (non-hydrogen) atoms. The molecular formula is C30H29Cl2N5OS. The van der Waals surface area contributed by atoms with Crippen molar-refractivity contribution in [1.29, 1.82) is 0 Å². The molecule has 5 rings (SSSR count). The van der Waals surface area contributed by atoms with Gasteiger partial charge in [-0.15, -0.1) is 0 Å². The lowest BCUT2D eigenvalue weighted by molar-refractivity contribution is 0.102. The highest BCUT2D eigenvalue weighted by molar-refractivity contribution is 7.98. The van der Waals surface area contributed by atoms with Crippen molar-refractivity contribution in [3.63, 3.8) is 0 Å². The van der Waals surface area contributed by atoms with Gasteiger partial charge in [0.15, 0.2) is 5.16 Å². The highest BCUT2D eigenvalue weighted by Crippen LogP contribution is 2.27. The van der Waals surface area contributed by atoms with Gasteiger partial charge in [-0.25, -0.2) is 9.97 Å². The van der Waals surface area contributed by atoms with E-state index in [9.17, 15) is 4.79 Å². The number of amides is 1. The molecule has 200 valence electrons. The summed E-state index contributed by atoms with van der Waals surface area (Å²) in [4.78, 5) is 26.5. The number of carbonyl (C=O) groups excluding carboxylic acids is 1. The predicted molar refractivity (Wildman–Crippen MR) is 163 cm³/mol. The van der Waals surface area contributed by atoms with Crippen LogP contribution in [0.4, 0.5) is 17.2 Å². The van der Waals surface area contributed by atoms with Crippen molar-refractivity contribution >= 4 is 58.1 Å². The van der Waals surface area contributed by atoms with E-state index in [1.807, 2.05) is 67.6 Å². The number of aryl methyl sites for hydroxylation is 2. The summed E-state index contributed by atoms with van der Waals surface area (Å²) < 4.78 is 0. The Hall–Kier alpha value is -3.26. The third kappa shape index (κ3) is 7.04.